The van der Waals surface area contributed by atoms with E-state index in [1.165, 1.54) is 84.8 Å². The number of rotatable bonds is 21. The Morgan fingerprint density at radius 2 is 1.00 bits per heavy atom. The van der Waals surface area contributed by atoms with Gasteiger partial charge in [0.15, 0.2) is 0 Å². The van der Waals surface area contributed by atoms with E-state index >= 15 is 0 Å². The third-order valence-electron chi connectivity index (χ3n) is 5.85. The van der Waals surface area contributed by atoms with Crippen LogP contribution in [0.1, 0.15) is 129 Å². The van der Waals surface area contributed by atoms with Gasteiger partial charge in [0.1, 0.15) is 0 Å². The predicted octanol–water partition coefficient (Wildman–Crippen LogP) is 7.38. The number of ether oxygens (including phenoxy) is 2. The average Bonchev–Trinajstić information content (AvgIpc) is 2.74. The van der Waals surface area contributed by atoms with E-state index < -0.39 is 0 Å². The monoisotopic (exact) mass is 412 g/mol. The fourth-order valence-corrected chi connectivity index (χ4v) is 3.89. The molecule has 0 aliphatic rings. The van der Waals surface area contributed by atoms with Gasteiger partial charge in [-0.05, 0) is 19.3 Å². The number of hydrogen-bond acceptors (Lipinski definition) is 4. The van der Waals surface area contributed by atoms with Crippen LogP contribution in [0.2, 0.25) is 0 Å². The molecule has 0 fully saturated rings. The van der Waals surface area contributed by atoms with Crippen molar-refractivity contribution in [3.63, 3.8) is 0 Å². The average molecular weight is 413 g/mol. The molecule has 0 spiro atoms. The van der Waals surface area contributed by atoms with Crippen molar-refractivity contribution in [3.05, 3.63) is 0 Å². The highest BCUT2D eigenvalue weighted by Gasteiger charge is 2.18. The number of esters is 2. The lowest BCUT2D eigenvalue weighted by molar-refractivity contribution is -0.146. The van der Waals surface area contributed by atoms with Gasteiger partial charge in [0.2, 0.25) is 0 Å². The Morgan fingerprint density at radius 3 is 1.41 bits per heavy atom. The summed E-state index contributed by atoms with van der Waals surface area (Å²) in [5, 5.41) is 0. The standard InChI is InChI=1S/C25H48O4/c1-4-5-6-7-8-9-10-11-12-13-14-17-20-23(25(27)29-3)21-18-15-16-19-22-24(26)28-2/h23H,4-22H2,1-3H3/t23-/m0/s1. The molecule has 0 rings (SSSR count). The third kappa shape index (κ3) is 18.7. The van der Waals surface area contributed by atoms with E-state index in [-0.39, 0.29) is 17.9 Å². The molecule has 0 aromatic heterocycles. The molecule has 4 nitrogen and oxygen atoms in total. The van der Waals surface area contributed by atoms with Crippen LogP contribution in [0.3, 0.4) is 0 Å². The lowest BCUT2D eigenvalue weighted by Gasteiger charge is -2.14. The first-order valence-corrected chi connectivity index (χ1v) is 12.3. The second-order valence-corrected chi connectivity index (χ2v) is 8.43. The Kier molecular flexibility index (Phi) is 20.9. The molecule has 0 saturated heterocycles. The zero-order chi connectivity index (χ0) is 21.6. The quantitative estimate of drug-likeness (QED) is 0.146. The molecule has 0 saturated carbocycles. The molecule has 0 aliphatic heterocycles. The fraction of sp³-hybridized carbons (Fsp3) is 0.920. The fourth-order valence-electron chi connectivity index (χ4n) is 3.89. The van der Waals surface area contributed by atoms with Crippen LogP contribution in [0, 0.1) is 5.92 Å². The van der Waals surface area contributed by atoms with Gasteiger partial charge in [-0.15, -0.1) is 0 Å². The van der Waals surface area contributed by atoms with E-state index in [0.717, 1.165) is 44.9 Å². The van der Waals surface area contributed by atoms with Crippen LogP contribution in [-0.4, -0.2) is 26.2 Å². The highest BCUT2D eigenvalue weighted by molar-refractivity contribution is 5.72. The van der Waals surface area contributed by atoms with Gasteiger partial charge >= 0.3 is 11.9 Å². The topological polar surface area (TPSA) is 52.6 Å². The molecule has 0 radical (unpaired) electrons. The van der Waals surface area contributed by atoms with Crippen molar-refractivity contribution in [1.29, 1.82) is 0 Å². The van der Waals surface area contributed by atoms with Gasteiger partial charge in [-0.25, -0.2) is 0 Å². The lowest BCUT2D eigenvalue weighted by atomic mass is 9.94. The number of methoxy groups -OCH3 is 2. The summed E-state index contributed by atoms with van der Waals surface area (Å²) in [6, 6.07) is 0. The molecule has 1 atom stereocenters. The zero-order valence-corrected chi connectivity index (χ0v) is 19.6. The van der Waals surface area contributed by atoms with E-state index in [2.05, 4.69) is 11.7 Å². The van der Waals surface area contributed by atoms with Crippen LogP contribution in [0.5, 0.6) is 0 Å². The van der Waals surface area contributed by atoms with Crippen LogP contribution < -0.4 is 0 Å². The molecular formula is C25H48O4. The molecule has 0 unspecified atom stereocenters. The number of carbonyl (C=O) groups excluding carboxylic acids is 2. The maximum atomic E-state index is 12.0. The Hall–Kier alpha value is -1.06. The second-order valence-electron chi connectivity index (χ2n) is 8.43. The summed E-state index contributed by atoms with van der Waals surface area (Å²) in [5.41, 5.74) is 0. The first kappa shape index (κ1) is 27.9. The van der Waals surface area contributed by atoms with Gasteiger partial charge in [0, 0.05) is 6.42 Å². The van der Waals surface area contributed by atoms with Crippen molar-refractivity contribution in [2.24, 2.45) is 5.92 Å². The highest BCUT2D eigenvalue weighted by atomic mass is 16.5. The highest BCUT2D eigenvalue weighted by Crippen LogP contribution is 2.20. The Morgan fingerprint density at radius 1 is 0.586 bits per heavy atom. The normalized spacial score (nSPS) is 12.0. The Balaban J connectivity index is 3.62. The van der Waals surface area contributed by atoms with E-state index in [1.807, 2.05) is 0 Å². The molecule has 0 bridgehead atoms. The van der Waals surface area contributed by atoms with Crippen LogP contribution >= 0.6 is 0 Å². The minimum Gasteiger partial charge on any atom is -0.469 e. The summed E-state index contributed by atoms with van der Waals surface area (Å²) in [6.07, 6.45) is 22.4. The molecule has 4 heteroatoms. The van der Waals surface area contributed by atoms with Gasteiger partial charge in [0.05, 0.1) is 20.1 Å². The number of carbonyl (C=O) groups is 2. The maximum absolute atomic E-state index is 12.0. The molecule has 172 valence electrons. The summed E-state index contributed by atoms with van der Waals surface area (Å²) in [5.74, 6) is -0.143. The van der Waals surface area contributed by atoms with Crippen LogP contribution in [0.4, 0.5) is 0 Å². The number of hydrogen-bond donors (Lipinski definition) is 0. The second kappa shape index (κ2) is 21.6. The van der Waals surface area contributed by atoms with E-state index in [0.29, 0.717) is 6.42 Å². The van der Waals surface area contributed by atoms with Crippen molar-refractivity contribution in [1.82, 2.24) is 0 Å². The zero-order valence-electron chi connectivity index (χ0n) is 19.6. The Bertz CT molecular complexity index is 381. The Labute approximate surface area is 180 Å². The SMILES string of the molecule is CCCCCCCCCCCCCC[C@@H](CCCCCCC(=O)OC)C(=O)OC. The van der Waals surface area contributed by atoms with E-state index in [1.54, 1.807) is 0 Å². The van der Waals surface area contributed by atoms with Gasteiger partial charge in [-0.3, -0.25) is 9.59 Å². The largest absolute Gasteiger partial charge is 0.469 e. The minimum absolute atomic E-state index is 0.0451. The summed E-state index contributed by atoms with van der Waals surface area (Å²) in [7, 11) is 2.92. The first-order valence-electron chi connectivity index (χ1n) is 12.3. The van der Waals surface area contributed by atoms with Gasteiger partial charge < -0.3 is 9.47 Å². The molecular weight excluding hydrogens is 364 g/mol. The summed E-state index contributed by atoms with van der Waals surface area (Å²) >= 11 is 0. The van der Waals surface area contributed by atoms with Crippen LogP contribution in [0.25, 0.3) is 0 Å². The van der Waals surface area contributed by atoms with Crippen molar-refractivity contribution in [2.45, 2.75) is 129 Å². The lowest BCUT2D eigenvalue weighted by Crippen LogP contribution is -2.16. The summed E-state index contributed by atoms with van der Waals surface area (Å²) in [4.78, 5) is 23.1. The molecule has 0 aromatic rings. The third-order valence-corrected chi connectivity index (χ3v) is 5.85. The van der Waals surface area contributed by atoms with Crippen molar-refractivity contribution < 1.29 is 19.1 Å². The molecule has 0 aromatic carbocycles. The van der Waals surface area contributed by atoms with Gasteiger partial charge in [-0.1, -0.05) is 103 Å². The van der Waals surface area contributed by atoms with E-state index in [9.17, 15) is 9.59 Å². The van der Waals surface area contributed by atoms with E-state index in [4.69, 9.17) is 4.74 Å². The molecule has 0 amide bonds. The molecule has 29 heavy (non-hydrogen) atoms. The first-order chi connectivity index (χ1) is 14.2. The van der Waals surface area contributed by atoms with Crippen molar-refractivity contribution >= 4 is 11.9 Å². The predicted molar refractivity (Wildman–Crippen MR) is 121 cm³/mol. The smallest absolute Gasteiger partial charge is 0.308 e. The molecule has 0 aliphatic carbocycles. The number of unbranched alkanes of at least 4 members (excludes halogenated alkanes) is 14. The van der Waals surface area contributed by atoms with Crippen molar-refractivity contribution in [2.75, 3.05) is 14.2 Å². The van der Waals surface area contributed by atoms with Crippen LogP contribution in [0.15, 0.2) is 0 Å². The van der Waals surface area contributed by atoms with Crippen molar-refractivity contribution in [3.8, 4) is 0 Å². The molecule has 0 heterocycles. The summed E-state index contributed by atoms with van der Waals surface area (Å²) < 4.78 is 9.64. The summed E-state index contributed by atoms with van der Waals surface area (Å²) in [6.45, 7) is 2.27. The van der Waals surface area contributed by atoms with Gasteiger partial charge in [-0.2, -0.15) is 0 Å². The molecule has 0 N–H and O–H groups in total. The van der Waals surface area contributed by atoms with Gasteiger partial charge in [0.25, 0.3) is 0 Å². The van der Waals surface area contributed by atoms with Crippen LogP contribution in [-0.2, 0) is 19.1 Å². The maximum Gasteiger partial charge on any atom is 0.308 e. The minimum atomic E-state index is -0.135.